The van der Waals surface area contributed by atoms with Crippen LogP contribution in [0.2, 0.25) is 0 Å². The molecular weight excluding hydrogens is 272 g/mol. The van der Waals surface area contributed by atoms with Gasteiger partial charge in [-0.3, -0.25) is 4.79 Å². The Labute approximate surface area is 102 Å². The van der Waals surface area contributed by atoms with E-state index in [9.17, 15) is 18.0 Å². The number of carbonyl (C=O) groups is 2. The number of nitrogens with one attached hydrogen (secondary N) is 1. The van der Waals surface area contributed by atoms with Crippen LogP contribution in [-0.2, 0) is 19.7 Å². The summed E-state index contributed by atoms with van der Waals surface area (Å²) >= 11 is 1.16. The van der Waals surface area contributed by atoms with Crippen molar-refractivity contribution in [1.82, 2.24) is 9.03 Å². The van der Waals surface area contributed by atoms with Crippen LogP contribution in [0, 0.1) is 0 Å². The molecule has 1 heterocycles. The summed E-state index contributed by atoms with van der Waals surface area (Å²) in [6, 6.07) is -1.16. The largest absolute Gasteiger partial charge is 0.480 e. The summed E-state index contributed by atoms with van der Waals surface area (Å²) in [6.45, 7) is 1.55. The molecule has 10 heteroatoms. The number of nitrogens with zero attached hydrogens (tertiary/aromatic N) is 1. The maximum atomic E-state index is 11.7. The minimum Gasteiger partial charge on any atom is -0.480 e. The van der Waals surface area contributed by atoms with Gasteiger partial charge < -0.3 is 9.84 Å². The van der Waals surface area contributed by atoms with E-state index < -0.39 is 28.3 Å². The predicted molar refractivity (Wildman–Crippen MR) is 59.7 cm³/mol. The predicted octanol–water partition coefficient (Wildman–Crippen LogP) is -0.563. The number of thioether (sulfide) groups is 1. The molecule has 1 aliphatic heterocycles. The van der Waals surface area contributed by atoms with Gasteiger partial charge in [0.25, 0.3) is 0 Å². The molecule has 1 fully saturated rings. The molecule has 1 unspecified atom stereocenters. The number of hydrogen-bond donors (Lipinski definition) is 2. The second kappa shape index (κ2) is 5.56. The topological polar surface area (TPSA) is 113 Å². The maximum absolute atomic E-state index is 11.7. The van der Waals surface area contributed by atoms with E-state index in [2.05, 4.69) is 4.74 Å². The van der Waals surface area contributed by atoms with Crippen molar-refractivity contribution in [3.05, 3.63) is 0 Å². The lowest BCUT2D eigenvalue weighted by Gasteiger charge is -2.19. The lowest BCUT2D eigenvalue weighted by atomic mass is 10.4. The quantitative estimate of drug-likeness (QED) is 0.711. The van der Waals surface area contributed by atoms with Gasteiger partial charge in [-0.15, -0.1) is 11.8 Å². The lowest BCUT2D eigenvalue weighted by Crippen LogP contribution is -2.49. The van der Waals surface area contributed by atoms with Crippen LogP contribution in [0.25, 0.3) is 0 Å². The highest BCUT2D eigenvalue weighted by Crippen LogP contribution is 2.23. The van der Waals surface area contributed by atoms with Gasteiger partial charge in [0.05, 0.1) is 12.5 Å². The zero-order valence-corrected chi connectivity index (χ0v) is 10.6. The minimum absolute atomic E-state index is 0.00823. The van der Waals surface area contributed by atoms with E-state index in [0.717, 1.165) is 16.1 Å². The summed E-state index contributed by atoms with van der Waals surface area (Å²) in [5.41, 5.74) is 0. The van der Waals surface area contributed by atoms with Crippen LogP contribution in [-0.4, -0.2) is 54.2 Å². The van der Waals surface area contributed by atoms with Gasteiger partial charge in [0.15, 0.2) is 0 Å². The van der Waals surface area contributed by atoms with E-state index in [1.807, 2.05) is 0 Å². The fourth-order valence-corrected chi connectivity index (χ4v) is 3.95. The van der Waals surface area contributed by atoms with Crippen LogP contribution < -0.4 is 4.72 Å². The van der Waals surface area contributed by atoms with Crippen LogP contribution in [0.3, 0.4) is 0 Å². The molecule has 17 heavy (non-hydrogen) atoms. The average Bonchev–Trinajstić information content (AvgIpc) is 2.65. The summed E-state index contributed by atoms with van der Waals surface area (Å²) < 4.78 is 30.1. The van der Waals surface area contributed by atoms with Crippen LogP contribution in [0.15, 0.2) is 0 Å². The average molecular weight is 284 g/mol. The molecule has 0 spiro atoms. The number of carbonyl (C=O) groups excluding carboxylic acids is 1. The maximum Gasteiger partial charge on any atom is 0.421 e. The second-order valence-corrected chi connectivity index (χ2v) is 5.69. The number of carboxylic acid groups (broad SMARTS) is 1. The molecule has 0 aromatic rings. The van der Waals surface area contributed by atoms with Crippen LogP contribution in [0.5, 0.6) is 0 Å². The summed E-state index contributed by atoms with van der Waals surface area (Å²) in [6.07, 6.45) is -1.12. The molecule has 1 saturated heterocycles. The Morgan fingerprint density at radius 2 is 2.24 bits per heavy atom. The Morgan fingerprint density at radius 1 is 1.59 bits per heavy atom. The van der Waals surface area contributed by atoms with Crippen LogP contribution in [0.4, 0.5) is 4.79 Å². The molecule has 8 nitrogen and oxygen atoms in total. The van der Waals surface area contributed by atoms with Crippen molar-refractivity contribution in [2.45, 2.75) is 13.0 Å². The first kappa shape index (κ1) is 14.1. The molecule has 1 amide bonds. The normalized spacial score (nSPS) is 21.1. The lowest BCUT2D eigenvalue weighted by molar-refractivity contribution is -0.140. The van der Waals surface area contributed by atoms with Crippen molar-refractivity contribution in [3.63, 3.8) is 0 Å². The molecule has 0 radical (unpaired) electrons. The fourth-order valence-electron chi connectivity index (χ4n) is 1.18. The zero-order chi connectivity index (χ0) is 13.1. The van der Waals surface area contributed by atoms with E-state index >= 15 is 0 Å². The third-order valence-corrected chi connectivity index (χ3v) is 4.52. The van der Waals surface area contributed by atoms with Crippen molar-refractivity contribution in [2.24, 2.45) is 0 Å². The van der Waals surface area contributed by atoms with E-state index in [-0.39, 0.29) is 18.2 Å². The molecular formula is C7H12N2O6S2. The zero-order valence-electron chi connectivity index (χ0n) is 8.95. The van der Waals surface area contributed by atoms with E-state index in [0.29, 0.717) is 0 Å². The molecule has 1 atom stereocenters. The first-order chi connectivity index (χ1) is 7.88. The van der Waals surface area contributed by atoms with Crippen molar-refractivity contribution in [2.75, 3.05) is 18.2 Å². The molecule has 0 aromatic heterocycles. The molecule has 98 valence electrons. The summed E-state index contributed by atoms with van der Waals surface area (Å²) in [4.78, 5) is 21.8. The summed E-state index contributed by atoms with van der Waals surface area (Å²) in [5.74, 6) is -1.10. The standard InChI is InChI=1S/C7H12N2O6S2/c1-2-15-7(12)8-17(13,14)9-4-16-3-5(9)6(10)11/h5H,2-4H2,1H3,(H,8,12)(H,10,11). The van der Waals surface area contributed by atoms with Gasteiger partial charge in [-0.25, -0.2) is 9.52 Å². The first-order valence-corrected chi connectivity index (χ1v) is 7.25. The molecule has 1 aliphatic rings. The SMILES string of the molecule is CCOC(=O)NS(=O)(=O)N1CSCC1C(=O)O. The first-order valence-electron chi connectivity index (χ1n) is 4.65. The number of hydrogen-bond acceptors (Lipinski definition) is 6. The summed E-state index contributed by atoms with van der Waals surface area (Å²) in [5, 5.41) is 8.82. The number of aliphatic carboxylic acids is 1. The molecule has 0 aromatic carbocycles. The second-order valence-electron chi connectivity index (χ2n) is 3.07. The highest BCUT2D eigenvalue weighted by molar-refractivity contribution is 8.00. The number of ether oxygens (including phenoxy) is 1. The monoisotopic (exact) mass is 284 g/mol. The van der Waals surface area contributed by atoms with Gasteiger partial charge >= 0.3 is 22.3 Å². The highest BCUT2D eigenvalue weighted by Gasteiger charge is 2.40. The fraction of sp³-hybridized carbons (Fsp3) is 0.714. The van der Waals surface area contributed by atoms with Gasteiger partial charge in [-0.05, 0) is 6.92 Å². The van der Waals surface area contributed by atoms with Crippen LogP contribution in [0.1, 0.15) is 6.92 Å². The van der Waals surface area contributed by atoms with Gasteiger partial charge in [-0.1, -0.05) is 0 Å². The highest BCUT2D eigenvalue weighted by atomic mass is 32.2. The van der Waals surface area contributed by atoms with Gasteiger partial charge in [0.2, 0.25) is 0 Å². The molecule has 2 N–H and O–H groups in total. The van der Waals surface area contributed by atoms with Crippen molar-refractivity contribution in [3.8, 4) is 0 Å². The van der Waals surface area contributed by atoms with Crippen molar-refractivity contribution >= 4 is 34.0 Å². The molecule has 0 aliphatic carbocycles. The Bertz CT molecular complexity index is 409. The minimum atomic E-state index is -4.17. The van der Waals surface area contributed by atoms with Crippen molar-refractivity contribution < 1.29 is 27.9 Å². The third-order valence-electron chi connectivity index (χ3n) is 1.92. The Kier molecular flexibility index (Phi) is 4.60. The van der Waals surface area contributed by atoms with E-state index in [1.54, 1.807) is 4.72 Å². The van der Waals surface area contributed by atoms with E-state index in [4.69, 9.17) is 5.11 Å². The Hall–Kier alpha value is -1.00. The molecule has 0 bridgehead atoms. The van der Waals surface area contributed by atoms with E-state index in [1.165, 1.54) is 6.92 Å². The Morgan fingerprint density at radius 3 is 2.76 bits per heavy atom. The Balaban J connectivity index is 2.76. The van der Waals surface area contributed by atoms with Gasteiger partial charge in [-0.2, -0.15) is 12.7 Å². The smallest absolute Gasteiger partial charge is 0.421 e. The van der Waals surface area contributed by atoms with Gasteiger partial charge in [0.1, 0.15) is 6.04 Å². The number of carboxylic acids is 1. The number of rotatable bonds is 4. The van der Waals surface area contributed by atoms with Crippen LogP contribution >= 0.6 is 11.8 Å². The number of amides is 1. The molecule has 0 saturated carbocycles. The van der Waals surface area contributed by atoms with Gasteiger partial charge in [0, 0.05) is 5.75 Å². The molecule has 1 rings (SSSR count). The third kappa shape index (κ3) is 3.48. The van der Waals surface area contributed by atoms with Crippen molar-refractivity contribution in [1.29, 1.82) is 0 Å². The summed E-state index contributed by atoms with van der Waals surface area (Å²) in [7, 11) is -4.17.